The van der Waals surface area contributed by atoms with Crippen LogP contribution in [0.25, 0.3) is 0 Å². The number of ether oxygens (including phenoxy) is 2. The number of carbonyl (C=O) groups excluding carboxylic acids is 1. The van der Waals surface area contributed by atoms with Gasteiger partial charge in [-0.25, -0.2) is 4.68 Å². The van der Waals surface area contributed by atoms with Gasteiger partial charge in [-0.3, -0.25) is 4.79 Å². The van der Waals surface area contributed by atoms with Crippen molar-refractivity contribution in [1.82, 2.24) is 25.1 Å². The van der Waals surface area contributed by atoms with E-state index in [0.29, 0.717) is 38.7 Å². The number of aromatic nitrogens is 4. The highest BCUT2D eigenvalue weighted by Gasteiger charge is 2.30. The molecule has 2 aromatic heterocycles. The van der Waals surface area contributed by atoms with E-state index in [-0.39, 0.29) is 12.0 Å². The van der Waals surface area contributed by atoms with E-state index in [1.165, 1.54) is 11.3 Å². The highest BCUT2D eigenvalue weighted by Crippen LogP contribution is 2.24. The summed E-state index contributed by atoms with van der Waals surface area (Å²) in [6.07, 6.45) is -0.320. The molecule has 1 atom stereocenters. The van der Waals surface area contributed by atoms with Crippen molar-refractivity contribution in [2.75, 3.05) is 33.4 Å². The summed E-state index contributed by atoms with van der Waals surface area (Å²) in [6, 6.07) is 1.96. The van der Waals surface area contributed by atoms with Gasteiger partial charge in [-0.1, -0.05) is 0 Å². The largest absolute Gasteiger partial charge is 0.383 e. The summed E-state index contributed by atoms with van der Waals surface area (Å²) < 4.78 is 12.5. The predicted molar refractivity (Wildman–Crippen MR) is 83.3 cm³/mol. The first-order valence-corrected chi connectivity index (χ1v) is 8.28. The van der Waals surface area contributed by atoms with Crippen LogP contribution in [-0.2, 0) is 16.0 Å². The van der Waals surface area contributed by atoms with Gasteiger partial charge in [-0.2, -0.15) is 0 Å². The van der Waals surface area contributed by atoms with Crippen LogP contribution in [0.1, 0.15) is 27.2 Å². The number of carbonyl (C=O) groups is 1. The van der Waals surface area contributed by atoms with Crippen LogP contribution in [0.15, 0.2) is 11.4 Å². The number of hydrogen-bond acceptors (Lipinski definition) is 7. The molecule has 1 fully saturated rings. The Kier molecular flexibility index (Phi) is 4.99. The molecule has 1 saturated heterocycles. The van der Waals surface area contributed by atoms with Gasteiger partial charge in [0.25, 0.3) is 5.91 Å². The van der Waals surface area contributed by atoms with E-state index in [2.05, 4.69) is 15.5 Å². The number of hydrogen-bond donors (Lipinski definition) is 0. The number of tetrazole rings is 1. The first-order chi connectivity index (χ1) is 11.2. The Hall–Kier alpha value is -1.84. The Morgan fingerprint density at radius 3 is 3.17 bits per heavy atom. The second-order valence-corrected chi connectivity index (χ2v) is 6.21. The Morgan fingerprint density at radius 1 is 1.57 bits per heavy atom. The minimum Gasteiger partial charge on any atom is -0.383 e. The van der Waals surface area contributed by atoms with Crippen LogP contribution in [0.2, 0.25) is 0 Å². The smallest absolute Gasteiger partial charge is 0.264 e. The van der Waals surface area contributed by atoms with E-state index in [1.54, 1.807) is 11.8 Å². The third-order valence-corrected chi connectivity index (χ3v) is 4.77. The second-order valence-electron chi connectivity index (χ2n) is 5.30. The van der Waals surface area contributed by atoms with Gasteiger partial charge in [0.2, 0.25) is 0 Å². The van der Waals surface area contributed by atoms with Gasteiger partial charge in [-0.05, 0) is 34.4 Å². The fourth-order valence-corrected chi connectivity index (χ4v) is 3.40. The zero-order chi connectivity index (χ0) is 16.2. The second kappa shape index (κ2) is 7.16. The summed E-state index contributed by atoms with van der Waals surface area (Å²) in [5.41, 5.74) is 1.01. The fraction of sp³-hybridized carbons (Fsp3) is 0.571. The van der Waals surface area contributed by atoms with Crippen LogP contribution in [0.3, 0.4) is 0 Å². The van der Waals surface area contributed by atoms with E-state index < -0.39 is 0 Å². The predicted octanol–water partition coefficient (Wildman–Crippen LogP) is 0.903. The van der Waals surface area contributed by atoms with Crippen LogP contribution in [0, 0.1) is 6.92 Å². The van der Waals surface area contributed by atoms with Crippen molar-refractivity contribution in [1.29, 1.82) is 0 Å². The zero-order valence-corrected chi connectivity index (χ0v) is 14.0. The van der Waals surface area contributed by atoms with Crippen molar-refractivity contribution >= 4 is 17.2 Å². The van der Waals surface area contributed by atoms with Crippen molar-refractivity contribution in [3.05, 3.63) is 27.7 Å². The number of aryl methyl sites for hydroxylation is 1. The summed E-state index contributed by atoms with van der Waals surface area (Å²) in [5.74, 6) is 0.671. The molecule has 0 radical (unpaired) electrons. The summed E-state index contributed by atoms with van der Waals surface area (Å²) >= 11 is 1.47. The maximum absolute atomic E-state index is 12.7. The molecule has 3 rings (SSSR count). The van der Waals surface area contributed by atoms with Gasteiger partial charge in [0.05, 0.1) is 31.2 Å². The molecule has 0 unspecified atom stereocenters. The van der Waals surface area contributed by atoms with Gasteiger partial charge in [0, 0.05) is 13.7 Å². The van der Waals surface area contributed by atoms with Crippen molar-refractivity contribution in [2.45, 2.75) is 19.6 Å². The number of amides is 1. The third-order valence-electron chi connectivity index (χ3n) is 3.76. The van der Waals surface area contributed by atoms with Gasteiger partial charge >= 0.3 is 0 Å². The van der Waals surface area contributed by atoms with Crippen LogP contribution in [-0.4, -0.2) is 64.4 Å². The van der Waals surface area contributed by atoms with Crippen LogP contribution in [0.4, 0.5) is 0 Å². The quantitative estimate of drug-likeness (QED) is 0.806. The fourth-order valence-electron chi connectivity index (χ4n) is 2.50. The maximum Gasteiger partial charge on any atom is 0.264 e. The van der Waals surface area contributed by atoms with E-state index in [0.717, 1.165) is 10.4 Å². The summed E-state index contributed by atoms with van der Waals surface area (Å²) in [6.45, 7) is 4.51. The number of rotatable bonds is 5. The van der Waals surface area contributed by atoms with Gasteiger partial charge in [0.15, 0.2) is 5.82 Å². The lowest BCUT2D eigenvalue weighted by Gasteiger charge is -2.32. The molecule has 0 aliphatic carbocycles. The maximum atomic E-state index is 12.7. The summed E-state index contributed by atoms with van der Waals surface area (Å²) in [5, 5.41) is 13.7. The van der Waals surface area contributed by atoms with E-state index in [4.69, 9.17) is 9.47 Å². The van der Waals surface area contributed by atoms with Gasteiger partial charge in [0.1, 0.15) is 6.10 Å². The molecule has 8 nitrogen and oxygen atoms in total. The minimum atomic E-state index is -0.320. The first kappa shape index (κ1) is 16.0. The topological polar surface area (TPSA) is 82.4 Å². The van der Waals surface area contributed by atoms with E-state index >= 15 is 0 Å². The molecule has 0 N–H and O–H groups in total. The highest BCUT2D eigenvalue weighted by atomic mass is 32.1. The molecular formula is C14H19N5O3S. The van der Waals surface area contributed by atoms with Crippen molar-refractivity contribution in [3.8, 4) is 0 Å². The molecule has 0 bridgehead atoms. The normalized spacial score (nSPS) is 18.3. The number of nitrogens with zero attached hydrogens (tertiary/aromatic N) is 5. The molecule has 1 aliphatic heterocycles. The molecular weight excluding hydrogens is 318 g/mol. The van der Waals surface area contributed by atoms with Crippen LogP contribution >= 0.6 is 11.3 Å². The lowest BCUT2D eigenvalue weighted by atomic mass is 10.2. The highest BCUT2D eigenvalue weighted by molar-refractivity contribution is 7.12. The van der Waals surface area contributed by atoms with Crippen molar-refractivity contribution in [3.63, 3.8) is 0 Å². The summed E-state index contributed by atoms with van der Waals surface area (Å²) in [7, 11) is 1.63. The molecule has 23 heavy (non-hydrogen) atoms. The molecule has 0 aromatic carbocycles. The zero-order valence-electron chi connectivity index (χ0n) is 13.1. The summed E-state index contributed by atoms with van der Waals surface area (Å²) in [4.78, 5) is 15.2. The SMILES string of the molecule is COCCn1nnnc1[C@H]1CN(C(=O)c2sccc2C)CCO1. The molecule has 1 aliphatic rings. The van der Waals surface area contributed by atoms with E-state index in [9.17, 15) is 4.79 Å². The van der Waals surface area contributed by atoms with Crippen LogP contribution in [0.5, 0.6) is 0 Å². The monoisotopic (exact) mass is 337 g/mol. The molecule has 9 heteroatoms. The Morgan fingerprint density at radius 2 is 2.43 bits per heavy atom. The van der Waals surface area contributed by atoms with Crippen molar-refractivity contribution in [2.24, 2.45) is 0 Å². The Labute approximate surface area is 138 Å². The third kappa shape index (κ3) is 3.41. The standard InChI is InChI=1S/C14H19N5O3S/c1-10-3-8-23-12(10)14(20)18-4-7-22-11(9-18)13-15-16-17-19(13)5-6-21-2/h3,8,11H,4-7,9H2,1-2H3/t11-/m1/s1. The molecule has 0 spiro atoms. The van der Waals surface area contributed by atoms with Gasteiger partial charge < -0.3 is 14.4 Å². The van der Waals surface area contributed by atoms with Crippen LogP contribution < -0.4 is 0 Å². The average Bonchev–Trinajstić information content (AvgIpc) is 3.21. The molecule has 124 valence electrons. The Bertz CT molecular complexity index is 671. The first-order valence-electron chi connectivity index (χ1n) is 7.40. The molecule has 3 heterocycles. The molecule has 2 aromatic rings. The average molecular weight is 337 g/mol. The lowest BCUT2D eigenvalue weighted by molar-refractivity contribution is -0.0290. The number of thiophene rings is 1. The van der Waals surface area contributed by atoms with Crippen molar-refractivity contribution < 1.29 is 14.3 Å². The van der Waals surface area contributed by atoms with Gasteiger partial charge in [-0.15, -0.1) is 16.4 Å². The molecule has 0 saturated carbocycles. The lowest BCUT2D eigenvalue weighted by Crippen LogP contribution is -2.43. The Balaban J connectivity index is 1.72. The number of methoxy groups -OCH3 is 1. The number of morpholine rings is 1. The minimum absolute atomic E-state index is 0.0433. The van der Waals surface area contributed by atoms with E-state index in [1.807, 2.05) is 23.3 Å². The molecule has 1 amide bonds.